The monoisotopic (exact) mass is 257 g/mol. The Labute approximate surface area is 93.7 Å². The second kappa shape index (κ2) is 5.29. The molecule has 0 bridgehead atoms. The van der Waals surface area contributed by atoms with E-state index in [1.807, 2.05) is 0 Å². The van der Waals surface area contributed by atoms with Gasteiger partial charge in [-0.1, -0.05) is 13.3 Å². The molecule has 78 valence electrons. The number of hydrogen-bond donors (Lipinski definition) is 0. The van der Waals surface area contributed by atoms with Gasteiger partial charge in [-0.15, -0.1) is 0 Å². The maximum Gasteiger partial charge on any atom is 0.146 e. The number of rotatable bonds is 4. The third-order valence-electron chi connectivity index (χ3n) is 2.35. The lowest BCUT2D eigenvalue weighted by Gasteiger charge is -2.26. The average Bonchev–Trinajstić information content (AvgIpc) is 2.18. The maximum absolute atomic E-state index is 4.25. The highest BCUT2D eigenvalue weighted by molar-refractivity contribution is 9.10. The van der Waals surface area contributed by atoms with E-state index in [-0.39, 0.29) is 0 Å². The zero-order valence-corrected chi connectivity index (χ0v) is 10.5. The molecule has 0 N–H and O–H groups in total. The Hall–Kier alpha value is -0.640. The lowest BCUT2D eigenvalue weighted by atomic mass is 10.2. The Morgan fingerprint density at radius 3 is 2.86 bits per heavy atom. The van der Waals surface area contributed by atoms with E-state index >= 15 is 0 Å². The van der Waals surface area contributed by atoms with Crippen molar-refractivity contribution < 1.29 is 0 Å². The smallest absolute Gasteiger partial charge is 0.146 e. The van der Waals surface area contributed by atoms with Gasteiger partial charge >= 0.3 is 0 Å². The molecule has 0 saturated heterocycles. The molecule has 0 aromatic carbocycles. The average molecular weight is 258 g/mol. The fourth-order valence-electron chi connectivity index (χ4n) is 1.39. The molecule has 0 aliphatic carbocycles. The van der Waals surface area contributed by atoms with E-state index in [2.05, 4.69) is 51.7 Å². The maximum atomic E-state index is 4.25. The van der Waals surface area contributed by atoms with Gasteiger partial charge in [-0.05, 0) is 29.3 Å². The van der Waals surface area contributed by atoms with Crippen molar-refractivity contribution in [3.8, 4) is 0 Å². The van der Waals surface area contributed by atoms with Crippen molar-refractivity contribution in [1.82, 2.24) is 9.97 Å². The van der Waals surface area contributed by atoms with Crippen LogP contribution in [0.1, 0.15) is 26.7 Å². The Morgan fingerprint density at radius 2 is 2.29 bits per heavy atom. The van der Waals surface area contributed by atoms with Gasteiger partial charge in [0.1, 0.15) is 12.1 Å². The number of aromatic nitrogens is 2. The highest BCUT2D eigenvalue weighted by atomic mass is 79.9. The van der Waals surface area contributed by atoms with Gasteiger partial charge < -0.3 is 4.90 Å². The molecule has 0 radical (unpaired) electrons. The summed E-state index contributed by atoms with van der Waals surface area (Å²) in [6.07, 6.45) is 5.72. The second-order valence-electron chi connectivity index (χ2n) is 3.44. The van der Waals surface area contributed by atoms with Gasteiger partial charge in [0.25, 0.3) is 0 Å². The summed E-state index contributed by atoms with van der Waals surface area (Å²) in [4.78, 5) is 10.4. The molecule has 3 nitrogen and oxygen atoms in total. The van der Waals surface area contributed by atoms with Crippen LogP contribution >= 0.6 is 15.9 Å². The molecule has 4 heteroatoms. The summed E-state index contributed by atoms with van der Waals surface area (Å²) in [6.45, 7) is 4.40. The quantitative estimate of drug-likeness (QED) is 0.831. The lowest BCUT2D eigenvalue weighted by Crippen LogP contribution is -2.29. The summed E-state index contributed by atoms with van der Waals surface area (Å²) >= 11 is 3.45. The van der Waals surface area contributed by atoms with E-state index in [1.165, 1.54) is 12.8 Å². The number of nitrogens with zero attached hydrogens (tertiary/aromatic N) is 3. The minimum absolute atomic E-state index is 0.506. The Balaban J connectivity index is 2.78. The molecule has 1 atom stereocenters. The minimum atomic E-state index is 0.506. The highest BCUT2D eigenvalue weighted by Gasteiger charge is 2.12. The van der Waals surface area contributed by atoms with Crippen LogP contribution in [0, 0.1) is 0 Å². The molecular weight excluding hydrogens is 242 g/mol. The highest BCUT2D eigenvalue weighted by Crippen LogP contribution is 2.23. The molecule has 1 aromatic rings. The van der Waals surface area contributed by atoms with Crippen LogP contribution in [0.15, 0.2) is 17.0 Å². The van der Waals surface area contributed by atoms with Crippen LogP contribution in [0.4, 0.5) is 5.82 Å². The van der Waals surface area contributed by atoms with Gasteiger partial charge in [-0.3, -0.25) is 0 Å². The van der Waals surface area contributed by atoms with Crippen molar-refractivity contribution in [3.63, 3.8) is 0 Å². The van der Waals surface area contributed by atoms with Crippen molar-refractivity contribution in [2.75, 3.05) is 11.9 Å². The topological polar surface area (TPSA) is 29.0 Å². The molecule has 1 aromatic heterocycles. The third kappa shape index (κ3) is 2.67. The first-order chi connectivity index (χ1) is 6.66. The van der Waals surface area contributed by atoms with E-state index in [0.29, 0.717) is 6.04 Å². The normalized spacial score (nSPS) is 12.6. The van der Waals surface area contributed by atoms with Gasteiger partial charge in [0.05, 0.1) is 4.47 Å². The molecule has 0 saturated carbocycles. The van der Waals surface area contributed by atoms with Crippen molar-refractivity contribution in [3.05, 3.63) is 17.0 Å². The summed E-state index contributed by atoms with van der Waals surface area (Å²) in [5.74, 6) is 0.959. The van der Waals surface area contributed by atoms with Gasteiger partial charge in [0.2, 0.25) is 0 Å². The molecule has 0 fully saturated rings. The van der Waals surface area contributed by atoms with Gasteiger partial charge in [0.15, 0.2) is 0 Å². The van der Waals surface area contributed by atoms with E-state index in [4.69, 9.17) is 0 Å². The number of halogens is 1. The first-order valence-corrected chi connectivity index (χ1v) is 5.64. The van der Waals surface area contributed by atoms with E-state index in [0.717, 1.165) is 10.3 Å². The molecule has 0 spiro atoms. The molecule has 0 amide bonds. The summed E-state index contributed by atoms with van der Waals surface area (Å²) in [7, 11) is 2.06. The minimum Gasteiger partial charge on any atom is -0.356 e. The summed E-state index contributed by atoms with van der Waals surface area (Å²) in [5.41, 5.74) is 0. The summed E-state index contributed by atoms with van der Waals surface area (Å²) < 4.78 is 0.949. The molecule has 1 heterocycles. The van der Waals surface area contributed by atoms with E-state index in [1.54, 1.807) is 12.5 Å². The molecule has 0 aliphatic rings. The van der Waals surface area contributed by atoms with Crippen LogP contribution in [0.2, 0.25) is 0 Å². The molecule has 1 rings (SSSR count). The fraction of sp³-hybridized carbons (Fsp3) is 0.600. The SMILES string of the molecule is CCCC(C)N(C)c1ncncc1Br. The van der Waals surface area contributed by atoms with Crippen LogP contribution in [0.5, 0.6) is 0 Å². The lowest BCUT2D eigenvalue weighted by molar-refractivity contribution is 0.610. The van der Waals surface area contributed by atoms with Gasteiger partial charge in [0, 0.05) is 19.3 Å². The van der Waals surface area contributed by atoms with Gasteiger partial charge in [-0.2, -0.15) is 0 Å². The van der Waals surface area contributed by atoms with Crippen molar-refractivity contribution in [2.24, 2.45) is 0 Å². The third-order valence-corrected chi connectivity index (χ3v) is 2.91. The second-order valence-corrected chi connectivity index (χ2v) is 4.30. The van der Waals surface area contributed by atoms with Crippen molar-refractivity contribution in [2.45, 2.75) is 32.7 Å². The Bertz CT molecular complexity index is 290. The van der Waals surface area contributed by atoms with Crippen molar-refractivity contribution >= 4 is 21.7 Å². The zero-order chi connectivity index (χ0) is 10.6. The van der Waals surface area contributed by atoms with E-state index in [9.17, 15) is 0 Å². The molecular formula is C10H16BrN3. The molecule has 1 unspecified atom stereocenters. The van der Waals surface area contributed by atoms with Gasteiger partial charge in [-0.25, -0.2) is 9.97 Å². The first kappa shape index (κ1) is 11.4. The fourth-order valence-corrected chi connectivity index (χ4v) is 1.89. The number of anilines is 1. The molecule has 0 aliphatic heterocycles. The van der Waals surface area contributed by atoms with Crippen LogP contribution < -0.4 is 4.90 Å². The first-order valence-electron chi connectivity index (χ1n) is 4.85. The predicted octanol–water partition coefficient (Wildman–Crippen LogP) is 2.86. The summed E-state index contributed by atoms with van der Waals surface area (Å²) in [5, 5.41) is 0. The standard InChI is InChI=1S/C10H16BrN3/c1-4-5-8(2)14(3)10-9(11)6-12-7-13-10/h6-8H,4-5H2,1-3H3. The Morgan fingerprint density at radius 1 is 1.57 bits per heavy atom. The zero-order valence-electron chi connectivity index (χ0n) is 8.87. The molecule has 14 heavy (non-hydrogen) atoms. The van der Waals surface area contributed by atoms with Crippen LogP contribution in [0.3, 0.4) is 0 Å². The van der Waals surface area contributed by atoms with Crippen LogP contribution in [-0.2, 0) is 0 Å². The Kier molecular flexibility index (Phi) is 4.32. The largest absolute Gasteiger partial charge is 0.356 e. The van der Waals surface area contributed by atoms with Crippen LogP contribution in [-0.4, -0.2) is 23.1 Å². The predicted molar refractivity (Wildman–Crippen MR) is 62.5 cm³/mol. The van der Waals surface area contributed by atoms with E-state index < -0.39 is 0 Å². The van der Waals surface area contributed by atoms with Crippen molar-refractivity contribution in [1.29, 1.82) is 0 Å². The van der Waals surface area contributed by atoms with Crippen LogP contribution in [0.25, 0.3) is 0 Å². The summed E-state index contributed by atoms with van der Waals surface area (Å²) in [6, 6.07) is 0.506. The number of hydrogen-bond acceptors (Lipinski definition) is 3.